The molecule has 0 aliphatic heterocycles. The first-order chi connectivity index (χ1) is 16.6. The number of aliphatic hydroxyl groups excluding tert-OH is 3. The molecule has 6 nitrogen and oxygen atoms in total. The van der Waals surface area contributed by atoms with Crippen LogP contribution in [-0.4, -0.2) is 44.5 Å². The molecule has 35 heavy (non-hydrogen) atoms. The molecule has 0 unspecified atom stereocenters. The quantitative estimate of drug-likeness (QED) is 0.496. The predicted molar refractivity (Wildman–Crippen MR) is 135 cm³/mol. The smallest absolute Gasteiger partial charge is 0.224 e. The monoisotopic (exact) mass is 484 g/mol. The number of nitrogens with one attached hydrogen (secondary N) is 1. The van der Waals surface area contributed by atoms with Gasteiger partial charge in [-0.25, -0.2) is 0 Å². The van der Waals surface area contributed by atoms with Crippen LogP contribution < -0.4 is 5.32 Å². The summed E-state index contributed by atoms with van der Waals surface area (Å²) in [6, 6.07) is 3.66. The van der Waals surface area contributed by atoms with Crippen molar-refractivity contribution < 1.29 is 20.1 Å². The van der Waals surface area contributed by atoms with Crippen molar-refractivity contribution in [2.75, 3.05) is 5.32 Å². The molecule has 1 amide bonds. The van der Waals surface area contributed by atoms with Gasteiger partial charge in [-0.15, -0.1) is 0 Å². The molecule has 5 rings (SSSR count). The molecule has 4 aliphatic rings. The number of amides is 1. The molecule has 4 saturated carbocycles. The number of pyridine rings is 1. The van der Waals surface area contributed by atoms with Crippen molar-refractivity contribution in [2.24, 2.45) is 46.3 Å². The van der Waals surface area contributed by atoms with Gasteiger partial charge in [0.15, 0.2) is 0 Å². The molecule has 1 aromatic rings. The third kappa shape index (κ3) is 4.23. The highest BCUT2D eigenvalue weighted by atomic mass is 16.3. The van der Waals surface area contributed by atoms with Crippen molar-refractivity contribution in [1.82, 2.24) is 4.98 Å². The Kier molecular flexibility index (Phi) is 6.77. The number of carbonyl (C=O) groups is 1. The lowest BCUT2D eigenvalue weighted by molar-refractivity contribution is -0.207. The standard InChI is InChI=1S/C29H44N2O4/c1-17(6-9-26(35)31-19-5-4-12-30-16-19)21-7-8-22-27-23(15-25(34)29(21,22)3)28(2)11-10-20(32)13-18(28)14-24(27)33/h4-5,12,16-18,20-25,27,32-34H,6-11,13-15H2,1-3H3,(H,31,35)/t17-,18+,20-,21-,22+,23+,24-,25+,27+,28+,29-/m1/s1. The van der Waals surface area contributed by atoms with E-state index in [0.29, 0.717) is 36.0 Å². The van der Waals surface area contributed by atoms with Gasteiger partial charge in [-0.1, -0.05) is 20.8 Å². The van der Waals surface area contributed by atoms with Crippen LogP contribution in [0.1, 0.15) is 78.6 Å². The first kappa shape index (κ1) is 25.2. The van der Waals surface area contributed by atoms with E-state index in [1.807, 2.05) is 12.1 Å². The molecule has 4 fully saturated rings. The average molecular weight is 485 g/mol. The molecule has 194 valence electrons. The number of aromatic nitrogens is 1. The van der Waals surface area contributed by atoms with E-state index in [1.165, 1.54) is 0 Å². The lowest BCUT2D eigenvalue weighted by Crippen LogP contribution is -2.62. The Morgan fingerprint density at radius 3 is 2.69 bits per heavy atom. The molecule has 0 bridgehead atoms. The minimum absolute atomic E-state index is 0.00922. The van der Waals surface area contributed by atoms with Gasteiger partial charge in [0.25, 0.3) is 0 Å². The van der Waals surface area contributed by atoms with Crippen LogP contribution in [0, 0.1) is 46.3 Å². The molecule has 4 aliphatic carbocycles. The van der Waals surface area contributed by atoms with E-state index in [-0.39, 0.29) is 41.0 Å². The fourth-order valence-corrected chi connectivity index (χ4v) is 9.35. The molecule has 6 heteroatoms. The van der Waals surface area contributed by atoms with Crippen LogP contribution in [0.15, 0.2) is 24.5 Å². The van der Waals surface area contributed by atoms with Crippen LogP contribution in [0.2, 0.25) is 0 Å². The molecular formula is C29H44N2O4. The topological polar surface area (TPSA) is 103 Å². The van der Waals surface area contributed by atoms with E-state index in [2.05, 4.69) is 31.1 Å². The van der Waals surface area contributed by atoms with Crippen molar-refractivity contribution in [3.8, 4) is 0 Å². The molecule has 0 spiro atoms. The SMILES string of the molecule is C[C@H](CCC(=O)Nc1cccnc1)[C@H]1CC[C@H]2[C@@H]3[C@H](O)C[C@@H]4C[C@H](O)CC[C@]4(C)[C@H]3C[C@H](O)[C@]12C. The van der Waals surface area contributed by atoms with Gasteiger partial charge in [-0.2, -0.15) is 0 Å². The number of nitrogens with zero attached hydrogens (tertiary/aromatic N) is 1. The Balaban J connectivity index is 1.29. The number of hydrogen-bond acceptors (Lipinski definition) is 5. The lowest BCUT2D eigenvalue weighted by atomic mass is 9.43. The maximum atomic E-state index is 12.5. The Bertz CT molecular complexity index is 911. The second kappa shape index (κ2) is 9.42. The van der Waals surface area contributed by atoms with E-state index < -0.39 is 0 Å². The van der Waals surface area contributed by atoms with Crippen molar-refractivity contribution in [1.29, 1.82) is 0 Å². The van der Waals surface area contributed by atoms with E-state index in [4.69, 9.17) is 0 Å². The summed E-state index contributed by atoms with van der Waals surface area (Å²) >= 11 is 0. The summed E-state index contributed by atoms with van der Waals surface area (Å²) in [5, 5.41) is 36.3. The zero-order valence-electron chi connectivity index (χ0n) is 21.6. The molecule has 0 saturated heterocycles. The first-order valence-corrected chi connectivity index (χ1v) is 13.9. The fraction of sp³-hybridized carbons (Fsp3) is 0.793. The second-order valence-electron chi connectivity index (χ2n) is 12.8. The van der Waals surface area contributed by atoms with Gasteiger partial charge in [0.2, 0.25) is 5.91 Å². The van der Waals surface area contributed by atoms with Crippen LogP contribution in [0.5, 0.6) is 0 Å². The lowest BCUT2D eigenvalue weighted by Gasteiger charge is -2.63. The van der Waals surface area contributed by atoms with Crippen LogP contribution in [0.25, 0.3) is 0 Å². The van der Waals surface area contributed by atoms with E-state index in [1.54, 1.807) is 12.4 Å². The Labute approximate surface area is 209 Å². The van der Waals surface area contributed by atoms with Crippen LogP contribution in [0.4, 0.5) is 5.69 Å². The van der Waals surface area contributed by atoms with Crippen molar-refractivity contribution in [3.05, 3.63) is 24.5 Å². The Hall–Kier alpha value is -1.50. The van der Waals surface area contributed by atoms with Gasteiger partial charge in [-0.05, 0) is 110 Å². The summed E-state index contributed by atoms with van der Waals surface area (Å²) in [6.45, 7) is 6.89. The third-order valence-corrected chi connectivity index (χ3v) is 11.3. The fourth-order valence-electron chi connectivity index (χ4n) is 9.35. The maximum Gasteiger partial charge on any atom is 0.224 e. The van der Waals surface area contributed by atoms with Gasteiger partial charge in [0.05, 0.1) is 30.2 Å². The predicted octanol–water partition coefficient (Wildman–Crippen LogP) is 4.40. The Morgan fingerprint density at radius 1 is 1.14 bits per heavy atom. The van der Waals surface area contributed by atoms with E-state index >= 15 is 0 Å². The molecule has 0 aromatic carbocycles. The molecule has 0 radical (unpaired) electrons. The average Bonchev–Trinajstić information content (AvgIpc) is 3.18. The largest absolute Gasteiger partial charge is 0.393 e. The van der Waals surface area contributed by atoms with Gasteiger partial charge in [-0.3, -0.25) is 9.78 Å². The Morgan fingerprint density at radius 2 is 1.94 bits per heavy atom. The second-order valence-corrected chi connectivity index (χ2v) is 12.8. The maximum absolute atomic E-state index is 12.5. The third-order valence-electron chi connectivity index (χ3n) is 11.3. The number of aliphatic hydroxyl groups is 3. The van der Waals surface area contributed by atoms with Gasteiger partial charge in [0.1, 0.15) is 0 Å². The summed E-state index contributed by atoms with van der Waals surface area (Å²) in [4.78, 5) is 16.6. The molecule has 11 atom stereocenters. The summed E-state index contributed by atoms with van der Waals surface area (Å²) in [7, 11) is 0. The number of fused-ring (bicyclic) bond motifs is 5. The number of carbonyl (C=O) groups excluding carboxylic acids is 1. The minimum atomic E-state index is -0.387. The van der Waals surface area contributed by atoms with Crippen molar-refractivity contribution >= 4 is 11.6 Å². The summed E-state index contributed by atoms with van der Waals surface area (Å²) in [5.74, 6) is 1.88. The van der Waals surface area contributed by atoms with Gasteiger partial charge in [0, 0.05) is 12.6 Å². The summed E-state index contributed by atoms with van der Waals surface area (Å²) in [5.41, 5.74) is 0.596. The summed E-state index contributed by atoms with van der Waals surface area (Å²) in [6.07, 6.45) is 9.88. The molecule has 1 aromatic heterocycles. The van der Waals surface area contributed by atoms with Crippen LogP contribution >= 0.6 is 0 Å². The number of anilines is 1. The zero-order valence-corrected chi connectivity index (χ0v) is 21.6. The highest BCUT2D eigenvalue weighted by Crippen LogP contribution is 2.68. The summed E-state index contributed by atoms with van der Waals surface area (Å²) < 4.78 is 0. The van der Waals surface area contributed by atoms with Crippen molar-refractivity contribution in [2.45, 2.75) is 96.9 Å². The van der Waals surface area contributed by atoms with E-state index in [9.17, 15) is 20.1 Å². The molecule has 4 N–H and O–H groups in total. The highest BCUT2D eigenvalue weighted by molar-refractivity contribution is 5.90. The van der Waals surface area contributed by atoms with E-state index in [0.717, 1.165) is 57.1 Å². The van der Waals surface area contributed by atoms with Crippen molar-refractivity contribution in [3.63, 3.8) is 0 Å². The van der Waals surface area contributed by atoms with Crippen LogP contribution in [-0.2, 0) is 4.79 Å². The molecule has 1 heterocycles. The molecular weight excluding hydrogens is 440 g/mol. The highest BCUT2D eigenvalue weighted by Gasteiger charge is 2.65. The van der Waals surface area contributed by atoms with Crippen LogP contribution in [0.3, 0.4) is 0 Å². The van der Waals surface area contributed by atoms with Gasteiger partial charge < -0.3 is 20.6 Å². The van der Waals surface area contributed by atoms with Gasteiger partial charge >= 0.3 is 0 Å². The number of hydrogen-bond donors (Lipinski definition) is 4. The minimum Gasteiger partial charge on any atom is -0.393 e. The zero-order chi connectivity index (χ0) is 25.0. The first-order valence-electron chi connectivity index (χ1n) is 13.9. The normalized spacial score (nSPS) is 45.7. The number of rotatable bonds is 5.